The summed E-state index contributed by atoms with van der Waals surface area (Å²) in [4.78, 5) is 15.3. The molecule has 0 spiro atoms. The van der Waals surface area contributed by atoms with Crippen molar-refractivity contribution in [2.75, 3.05) is 38.8 Å². The second-order valence-corrected chi connectivity index (χ2v) is 9.26. The molecule has 1 aliphatic carbocycles. The number of aromatic nitrogens is 2. The lowest BCUT2D eigenvalue weighted by atomic mass is 10.1. The van der Waals surface area contributed by atoms with E-state index in [-0.39, 0.29) is 10.9 Å². The van der Waals surface area contributed by atoms with E-state index in [4.69, 9.17) is 26.2 Å². The van der Waals surface area contributed by atoms with Gasteiger partial charge >= 0.3 is 0 Å². The molecule has 1 aliphatic heterocycles. The summed E-state index contributed by atoms with van der Waals surface area (Å²) in [6, 6.07) is 8.27. The van der Waals surface area contributed by atoms with Crippen LogP contribution in [0.2, 0.25) is 5.02 Å². The average molecular weight is 474 g/mol. The van der Waals surface area contributed by atoms with Crippen molar-refractivity contribution in [2.24, 2.45) is 0 Å². The van der Waals surface area contributed by atoms with Gasteiger partial charge in [-0.1, -0.05) is 11.6 Å². The highest BCUT2D eigenvalue weighted by molar-refractivity contribution is 7.99. The van der Waals surface area contributed by atoms with E-state index in [1.54, 1.807) is 25.0 Å². The van der Waals surface area contributed by atoms with Crippen LogP contribution in [-0.2, 0) is 6.42 Å². The average Bonchev–Trinajstić information content (AvgIpc) is 3.37. The fourth-order valence-electron chi connectivity index (χ4n) is 4.26. The third-order valence-electron chi connectivity index (χ3n) is 5.86. The lowest BCUT2D eigenvalue weighted by molar-refractivity contribution is 0.0765. The number of rotatable bonds is 4. The quantitative estimate of drug-likeness (QED) is 0.438. The van der Waals surface area contributed by atoms with Crippen molar-refractivity contribution in [1.82, 2.24) is 14.7 Å². The lowest BCUT2D eigenvalue weighted by Crippen LogP contribution is -2.38. The number of nitrogens with zero attached hydrogens (tertiary/aromatic N) is 3. The molecule has 5 rings (SSSR count). The summed E-state index contributed by atoms with van der Waals surface area (Å²) < 4.78 is 26.5. The largest absolute Gasteiger partial charge is 0.493 e. The van der Waals surface area contributed by atoms with E-state index in [0.29, 0.717) is 42.4 Å². The van der Waals surface area contributed by atoms with Crippen molar-refractivity contribution in [3.8, 4) is 28.4 Å². The van der Waals surface area contributed by atoms with Gasteiger partial charge in [0.05, 0.1) is 30.6 Å². The molecule has 2 aliphatic rings. The molecule has 2 aromatic carbocycles. The van der Waals surface area contributed by atoms with Crippen LogP contribution in [0.25, 0.3) is 16.9 Å². The van der Waals surface area contributed by atoms with Gasteiger partial charge in [0.1, 0.15) is 5.82 Å². The molecule has 0 atom stereocenters. The van der Waals surface area contributed by atoms with Gasteiger partial charge in [-0.3, -0.25) is 4.79 Å². The van der Waals surface area contributed by atoms with Gasteiger partial charge in [0.2, 0.25) is 0 Å². The second kappa shape index (κ2) is 8.33. The topological polar surface area (TPSA) is 56.6 Å². The maximum Gasteiger partial charge on any atom is 0.274 e. The van der Waals surface area contributed by atoms with E-state index in [1.807, 2.05) is 28.8 Å². The van der Waals surface area contributed by atoms with Gasteiger partial charge in [-0.2, -0.15) is 16.9 Å². The van der Waals surface area contributed by atoms with Crippen molar-refractivity contribution >= 4 is 29.3 Å². The number of methoxy groups -OCH3 is 2. The second-order valence-electron chi connectivity index (χ2n) is 7.63. The Bertz CT molecular complexity index is 1220. The zero-order valence-electron chi connectivity index (χ0n) is 17.7. The van der Waals surface area contributed by atoms with Gasteiger partial charge in [-0.25, -0.2) is 9.07 Å². The summed E-state index contributed by atoms with van der Waals surface area (Å²) in [5.74, 6) is 2.45. The van der Waals surface area contributed by atoms with Crippen LogP contribution in [0.4, 0.5) is 4.39 Å². The maximum atomic E-state index is 13.8. The number of ether oxygens (including phenoxy) is 2. The number of halogens is 2. The Morgan fingerprint density at radius 1 is 1.12 bits per heavy atom. The molecule has 3 aromatic rings. The summed E-state index contributed by atoms with van der Waals surface area (Å²) >= 11 is 7.91. The lowest BCUT2D eigenvalue weighted by Gasteiger charge is -2.25. The Morgan fingerprint density at radius 3 is 2.53 bits per heavy atom. The Balaban J connectivity index is 1.70. The van der Waals surface area contributed by atoms with Gasteiger partial charge in [-0.05, 0) is 35.9 Å². The van der Waals surface area contributed by atoms with Gasteiger partial charge in [-0.15, -0.1) is 0 Å². The summed E-state index contributed by atoms with van der Waals surface area (Å²) in [6.07, 6.45) is 0.545. The van der Waals surface area contributed by atoms with E-state index in [9.17, 15) is 9.18 Å². The molecule has 32 heavy (non-hydrogen) atoms. The fraction of sp³-hybridized carbons (Fsp3) is 0.304. The van der Waals surface area contributed by atoms with Crippen LogP contribution in [-0.4, -0.2) is 59.4 Å². The summed E-state index contributed by atoms with van der Waals surface area (Å²) in [6.45, 7) is 1.39. The van der Waals surface area contributed by atoms with Gasteiger partial charge in [0, 0.05) is 42.1 Å². The minimum absolute atomic E-state index is 0.00165. The Hall–Kier alpha value is -2.71. The molecule has 1 aromatic heterocycles. The van der Waals surface area contributed by atoms with Crippen LogP contribution in [0.5, 0.6) is 11.5 Å². The minimum atomic E-state index is -0.506. The number of carbonyl (C=O) groups is 1. The first-order valence-corrected chi connectivity index (χ1v) is 11.7. The van der Waals surface area contributed by atoms with E-state index in [1.165, 1.54) is 12.1 Å². The Kier molecular flexibility index (Phi) is 5.51. The van der Waals surface area contributed by atoms with Crippen LogP contribution in [0.1, 0.15) is 21.6 Å². The zero-order valence-corrected chi connectivity index (χ0v) is 19.2. The van der Waals surface area contributed by atoms with Crippen LogP contribution in [0, 0.1) is 5.82 Å². The number of fused-ring (bicyclic) bond motifs is 3. The number of benzene rings is 2. The highest BCUT2D eigenvalue weighted by atomic mass is 35.5. The van der Waals surface area contributed by atoms with E-state index in [2.05, 4.69) is 0 Å². The van der Waals surface area contributed by atoms with Crippen LogP contribution >= 0.6 is 23.4 Å². The normalized spacial score (nSPS) is 14.8. The highest BCUT2D eigenvalue weighted by Gasteiger charge is 2.34. The van der Waals surface area contributed by atoms with Crippen LogP contribution in [0.15, 0.2) is 30.3 Å². The molecule has 6 nitrogen and oxygen atoms in total. The van der Waals surface area contributed by atoms with Crippen molar-refractivity contribution in [3.05, 3.63) is 58.0 Å². The number of hydrogen-bond acceptors (Lipinski definition) is 5. The maximum absolute atomic E-state index is 13.8. The molecule has 0 N–H and O–H groups in total. The van der Waals surface area contributed by atoms with Crippen molar-refractivity contribution in [2.45, 2.75) is 6.42 Å². The summed E-state index contributed by atoms with van der Waals surface area (Å²) in [5, 5.41) is 4.71. The molecule has 0 saturated carbocycles. The first-order chi connectivity index (χ1) is 15.5. The number of carbonyl (C=O) groups excluding carboxylic acids is 1. The van der Waals surface area contributed by atoms with Crippen molar-refractivity contribution < 1.29 is 18.7 Å². The molecule has 9 heteroatoms. The van der Waals surface area contributed by atoms with E-state index >= 15 is 0 Å². The van der Waals surface area contributed by atoms with E-state index < -0.39 is 5.82 Å². The molecule has 2 heterocycles. The smallest absolute Gasteiger partial charge is 0.274 e. The van der Waals surface area contributed by atoms with Crippen LogP contribution < -0.4 is 9.47 Å². The third-order valence-corrected chi connectivity index (χ3v) is 7.10. The van der Waals surface area contributed by atoms with Crippen molar-refractivity contribution in [1.29, 1.82) is 0 Å². The zero-order chi connectivity index (χ0) is 22.4. The molecule has 1 fully saturated rings. The summed E-state index contributed by atoms with van der Waals surface area (Å²) in [5.41, 5.74) is 4.56. The molecular weight excluding hydrogens is 453 g/mol. The SMILES string of the molecule is COc1cc2c(cc1OC)-c1c(c(C(=O)N3CCSCC3)nn1-c1ccc(F)c(Cl)c1)C2. The monoisotopic (exact) mass is 473 g/mol. The predicted octanol–water partition coefficient (Wildman–Crippen LogP) is 4.44. The molecule has 1 amide bonds. The van der Waals surface area contributed by atoms with Gasteiger partial charge in [0.15, 0.2) is 17.2 Å². The molecule has 1 saturated heterocycles. The molecular formula is C23H21ClFN3O3S. The third kappa shape index (κ3) is 3.42. The standard InChI is InChI=1S/C23H21ClFN3O3S/c1-30-19-10-13-9-16-21(23(29)27-5-7-32-8-6-27)26-28(14-3-4-18(25)17(24)11-14)22(16)15(13)12-20(19)31-2/h3-4,10-12H,5-9H2,1-2H3. The van der Waals surface area contributed by atoms with Gasteiger partial charge in [0.25, 0.3) is 5.91 Å². The number of hydrogen-bond donors (Lipinski definition) is 0. The first kappa shape index (κ1) is 21.2. The fourth-order valence-corrected chi connectivity index (χ4v) is 5.34. The predicted molar refractivity (Wildman–Crippen MR) is 123 cm³/mol. The summed E-state index contributed by atoms with van der Waals surface area (Å²) in [7, 11) is 3.18. The molecule has 0 unspecified atom stereocenters. The minimum Gasteiger partial charge on any atom is -0.493 e. The van der Waals surface area contributed by atoms with E-state index in [0.717, 1.165) is 33.9 Å². The Labute approximate surface area is 194 Å². The first-order valence-electron chi connectivity index (χ1n) is 10.2. The van der Waals surface area contributed by atoms with Crippen molar-refractivity contribution in [3.63, 3.8) is 0 Å². The van der Waals surface area contributed by atoms with Gasteiger partial charge < -0.3 is 14.4 Å². The number of thioether (sulfide) groups is 1. The van der Waals surface area contributed by atoms with Crippen LogP contribution in [0.3, 0.4) is 0 Å². The molecule has 0 radical (unpaired) electrons. The number of amides is 1. The highest BCUT2D eigenvalue weighted by Crippen LogP contribution is 2.45. The Morgan fingerprint density at radius 2 is 1.84 bits per heavy atom. The molecule has 0 bridgehead atoms. The molecule has 166 valence electrons.